The average molecular weight is 551 g/mol. The summed E-state index contributed by atoms with van der Waals surface area (Å²) in [5.74, 6) is 0. The second-order valence-corrected chi connectivity index (χ2v) is 11.4. The molecule has 7 aromatic rings. The van der Waals surface area contributed by atoms with Gasteiger partial charge in [-0.1, -0.05) is 146 Å². The lowest BCUT2D eigenvalue weighted by Crippen LogP contribution is -2.40. The molecule has 2 heteroatoms. The Morgan fingerprint density at radius 2 is 0.977 bits per heavy atom. The summed E-state index contributed by atoms with van der Waals surface area (Å²) in [6, 6.07) is 54.1. The zero-order valence-electron chi connectivity index (χ0n) is 24.0. The van der Waals surface area contributed by atoms with Gasteiger partial charge < -0.3 is 5.32 Å². The molecule has 0 radical (unpaired) electrons. The van der Waals surface area contributed by atoms with Gasteiger partial charge >= 0.3 is 0 Å². The molecule has 0 saturated heterocycles. The molecule has 2 nitrogen and oxygen atoms in total. The highest BCUT2D eigenvalue weighted by Crippen LogP contribution is 2.41. The molecule has 1 aliphatic rings. The van der Waals surface area contributed by atoms with Gasteiger partial charge in [-0.3, -0.25) is 4.99 Å². The molecule has 204 valence electrons. The van der Waals surface area contributed by atoms with E-state index < -0.39 is 5.66 Å². The Kier molecular flexibility index (Phi) is 5.94. The lowest BCUT2D eigenvalue weighted by molar-refractivity contribution is 0.449. The van der Waals surface area contributed by atoms with E-state index in [0.717, 1.165) is 28.1 Å². The van der Waals surface area contributed by atoms with Crippen molar-refractivity contribution in [3.8, 4) is 11.1 Å². The van der Waals surface area contributed by atoms with Crippen molar-refractivity contribution in [1.29, 1.82) is 0 Å². The summed E-state index contributed by atoms with van der Waals surface area (Å²) < 4.78 is 0. The number of benzene rings is 7. The summed E-state index contributed by atoms with van der Waals surface area (Å²) in [7, 11) is 0. The van der Waals surface area contributed by atoms with Crippen molar-refractivity contribution in [2.75, 3.05) is 0 Å². The molecule has 0 fully saturated rings. The third kappa shape index (κ3) is 4.31. The molecule has 1 unspecified atom stereocenters. The van der Waals surface area contributed by atoms with Crippen molar-refractivity contribution in [3.05, 3.63) is 174 Å². The van der Waals surface area contributed by atoms with Gasteiger partial charge in [0.05, 0.1) is 5.71 Å². The number of fused-ring (bicyclic) bond motifs is 6. The summed E-state index contributed by atoms with van der Waals surface area (Å²) in [4.78, 5) is 5.40. The van der Waals surface area contributed by atoms with E-state index in [4.69, 9.17) is 4.99 Å². The smallest absolute Gasteiger partial charge is 0.154 e. The summed E-state index contributed by atoms with van der Waals surface area (Å²) >= 11 is 0. The maximum absolute atomic E-state index is 5.40. The van der Waals surface area contributed by atoms with Gasteiger partial charge in [0.2, 0.25) is 0 Å². The number of allylic oxidation sites excluding steroid dienone is 1. The van der Waals surface area contributed by atoms with Gasteiger partial charge in [0, 0.05) is 11.3 Å². The molecule has 7 aromatic carbocycles. The third-order valence-corrected chi connectivity index (χ3v) is 8.66. The fraction of sp³-hybridized carbons (Fsp3) is 0.0488. The van der Waals surface area contributed by atoms with Crippen LogP contribution in [0.1, 0.15) is 23.6 Å². The van der Waals surface area contributed by atoms with E-state index in [-0.39, 0.29) is 0 Å². The predicted molar refractivity (Wildman–Crippen MR) is 182 cm³/mol. The zero-order chi connectivity index (χ0) is 28.8. The van der Waals surface area contributed by atoms with E-state index in [1.165, 1.54) is 43.4 Å². The van der Waals surface area contributed by atoms with Crippen molar-refractivity contribution < 1.29 is 0 Å². The van der Waals surface area contributed by atoms with Gasteiger partial charge in [-0.15, -0.1) is 0 Å². The van der Waals surface area contributed by atoms with Gasteiger partial charge in [0.15, 0.2) is 5.66 Å². The van der Waals surface area contributed by atoms with Crippen LogP contribution < -0.4 is 5.32 Å². The second-order valence-electron chi connectivity index (χ2n) is 11.4. The molecule has 43 heavy (non-hydrogen) atoms. The first-order valence-electron chi connectivity index (χ1n) is 14.8. The Labute approximate surface area is 251 Å². The molecule has 8 rings (SSSR count). The second kappa shape index (κ2) is 10.1. The Morgan fingerprint density at radius 1 is 0.465 bits per heavy atom. The Morgan fingerprint density at radius 3 is 1.63 bits per heavy atom. The molecule has 0 spiro atoms. The van der Waals surface area contributed by atoms with Crippen LogP contribution in [0, 0.1) is 0 Å². The highest BCUT2D eigenvalue weighted by atomic mass is 15.2. The fourth-order valence-corrected chi connectivity index (χ4v) is 6.63. The van der Waals surface area contributed by atoms with Crippen LogP contribution >= 0.6 is 0 Å². The van der Waals surface area contributed by atoms with Crippen molar-refractivity contribution in [2.24, 2.45) is 4.99 Å². The van der Waals surface area contributed by atoms with E-state index >= 15 is 0 Å². The SMILES string of the molecule is CC1(c2ccccc2-c2ccc3c4ccccc4c4ccccc4c3c2)N=C(c2ccccc2)C=C(c2ccccc2)N1. The predicted octanol–water partition coefficient (Wildman–Crippen LogP) is 10.1. The minimum absolute atomic E-state index is 0.692. The molecule has 0 saturated carbocycles. The van der Waals surface area contributed by atoms with Crippen LogP contribution in [0.5, 0.6) is 0 Å². The normalized spacial score (nSPS) is 16.6. The summed E-state index contributed by atoms with van der Waals surface area (Å²) in [6.07, 6.45) is 2.17. The molecular formula is C41H30N2. The number of rotatable bonds is 4. The highest BCUT2D eigenvalue weighted by Gasteiger charge is 2.33. The topological polar surface area (TPSA) is 24.4 Å². The number of hydrogen-bond donors (Lipinski definition) is 1. The molecule has 1 N–H and O–H groups in total. The van der Waals surface area contributed by atoms with Gasteiger partial charge in [-0.25, -0.2) is 0 Å². The summed E-state index contributed by atoms with van der Waals surface area (Å²) in [5, 5.41) is 11.5. The number of hydrogen-bond acceptors (Lipinski definition) is 2. The van der Waals surface area contributed by atoms with Crippen molar-refractivity contribution in [2.45, 2.75) is 12.6 Å². The number of aliphatic imine (C=N–C) groups is 1. The Hall–Kier alpha value is -5.47. The van der Waals surface area contributed by atoms with Crippen LogP contribution in [0.15, 0.2) is 163 Å². The molecule has 0 amide bonds. The van der Waals surface area contributed by atoms with Crippen molar-refractivity contribution in [1.82, 2.24) is 5.32 Å². The maximum Gasteiger partial charge on any atom is 0.154 e. The number of nitrogens with zero attached hydrogens (tertiary/aromatic N) is 1. The third-order valence-electron chi connectivity index (χ3n) is 8.66. The molecule has 0 bridgehead atoms. The lowest BCUT2D eigenvalue weighted by atomic mass is 9.87. The van der Waals surface area contributed by atoms with E-state index in [9.17, 15) is 0 Å². The van der Waals surface area contributed by atoms with Crippen LogP contribution in [0.25, 0.3) is 49.1 Å². The summed E-state index contributed by atoms with van der Waals surface area (Å²) in [6.45, 7) is 2.19. The molecule has 0 aromatic heterocycles. The maximum atomic E-state index is 5.40. The fourth-order valence-electron chi connectivity index (χ4n) is 6.63. The monoisotopic (exact) mass is 550 g/mol. The molecule has 0 aliphatic carbocycles. The molecule has 1 aliphatic heterocycles. The Balaban J connectivity index is 1.33. The van der Waals surface area contributed by atoms with Gasteiger partial charge in [0.25, 0.3) is 0 Å². The van der Waals surface area contributed by atoms with Gasteiger partial charge in [-0.05, 0) is 73.6 Å². The minimum Gasteiger partial charge on any atom is -0.357 e. The van der Waals surface area contributed by atoms with Gasteiger partial charge in [0.1, 0.15) is 0 Å². The minimum atomic E-state index is -0.692. The zero-order valence-corrected chi connectivity index (χ0v) is 24.0. The van der Waals surface area contributed by atoms with Gasteiger partial charge in [-0.2, -0.15) is 0 Å². The van der Waals surface area contributed by atoms with E-state index in [1.54, 1.807) is 0 Å². The molecule has 1 heterocycles. The first-order valence-corrected chi connectivity index (χ1v) is 14.8. The van der Waals surface area contributed by atoms with E-state index in [2.05, 4.69) is 164 Å². The highest BCUT2D eigenvalue weighted by molar-refractivity contribution is 6.25. The lowest BCUT2D eigenvalue weighted by Gasteiger charge is -2.35. The quantitative estimate of drug-likeness (QED) is 0.217. The van der Waals surface area contributed by atoms with Crippen LogP contribution in [0.3, 0.4) is 0 Å². The Bertz CT molecular complexity index is 2180. The van der Waals surface area contributed by atoms with E-state index in [0.29, 0.717) is 0 Å². The first kappa shape index (κ1) is 25.3. The van der Waals surface area contributed by atoms with Crippen molar-refractivity contribution >= 4 is 43.7 Å². The van der Waals surface area contributed by atoms with Crippen LogP contribution in [-0.2, 0) is 5.66 Å². The van der Waals surface area contributed by atoms with Crippen LogP contribution in [0.4, 0.5) is 0 Å². The van der Waals surface area contributed by atoms with Crippen LogP contribution in [0.2, 0.25) is 0 Å². The number of nitrogens with one attached hydrogen (secondary N) is 1. The molecule has 1 atom stereocenters. The average Bonchev–Trinajstić information content (AvgIpc) is 3.09. The molecular weight excluding hydrogens is 520 g/mol. The van der Waals surface area contributed by atoms with Crippen LogP contribution in [-0.4, -0.2) is 5.71 Å². The summed E-state index contributed by atoms with van der Waals surface area (Å²) in [5.41, 5.74) is 7.05. The standard InChI is InChI=1S/C41H30N2/c1-41(42-39(28-14-4-2-5-15-28)27-40(43-41)29-16-6-3-7-17-29)38-23-13-12-18-31(38)30-24-25-36-34-21-9-8-19-32(34)33-20-10-11-22-35(33)37(36)26-30/h2-27,42H,1H3. The largest absolute Gasteiger partial charge is 0.357 e. The van der Waals surface area contributed by atoms with Crippen molar-refractivity contribution in [3.63, 3.8) is 0 Å². The van der Waals surface area contributed by atoms with E-state index in [1.807, 2.05) is 6.07 Å². The first-order chi connectivity index (χ1) is 21.2.